The van der Waals surface area contributed by atoms with Crippen LogP contribution < -0.4 is 10.2 Å². The summed E-state index contributed by atoms with van der Waals surface area (Å²) >= 11 is 0. The van der Waals surface area contributed by atoms with Crippen LogP contribution in [0.4, 0.5) is 11.4 Å². The van der Waals surface area contributed by atoms with Gasteiger partial charge in [0.15, 0.2) is 0 Å². The van der Waals surface area contributed by atoms with Gasteiger partial charge in [-0.1, -0.05) is 0 Å². The predicted molar refractivity (Wildman–Crippen MR) is 73.5 cm³/mol. The second-order valence-electron chi connectivity index (χ2n) is 4.80. The molecule has 5 nitrogen and oxygen atoms in total. The number of amides is 1. The maximum atomic E-state index is 12.1. The number of benzene rings is 1. The van der Waals surface area contributed by atoms with Gasteiger partial charge in [-0.05, 0) is 37.1 Å². The second-order valence-corrected chi connectivity index (χ2v) is 4.80. The quantitative estimate of drug-likeness (QED) is 0.869. The van der Waals surface area contributed by atoms with Gasteiger partial charge in [-0.15, -0.1) is 0 Å². The van der Waals surface area contributed by atoms with Crippen molar-refractivity contribution in [2.24, 2.45) is 0 Å². The lowest BCUT2D eigenvalue weighted by atomic mass is 9.98. The van der Waals surface area contributed by atoms with E-state index < -0.39 is 5.97 Å². The number of carboxylic acid groups (broad SMARTS) is 1. The molecule has 1 aliphatic heterocycles. The monoisotopic (exact) mass is 262 g/mol. The number of nitrogens with zero attached hydrogens (tertiary/aromatic N) is 1. The average molecular weight is 262 g/mol. The first-order valence-corrected chi connectivity index (χ1v) is 6.37. The topological polar surface area (TPSA) is 69.6 Å². The third kappa shape index (κ3) is 2.70. The Morgan fingerprint density at radius 3 is 2.84 bits per heavy atom. The molecule has 0 spiro atoms. The Kier molecular flexibility index (Phi) is 3.74. The number of nitrogens with one attached hydrogen (secondary N) is 1. The number of aryl methyl sites for hydroxylation is 1. The van der Waals surface area contributed by atoms with Crippen LogP contribution in [-0.4, -0.2) is 30.1 Å². The molecule has 19 heavy (non-hydrogen) atoms. The molecule has 1 atom stereocenters. The molecule has 2 N–H and O–H groups in total. The van der Waals surface area contributed by atoms with E-state index in [-0.39, 0.29) is 18.4 Å². The number of carbonyl (C=O) groups excluding carboxylic acids is 1. The Balaban J connectivity index is 2.35. The summed E-state index contributed by atoms with van der Waals surface area (Å²) in [6.45, 7) is 1.77. The lowest BCUT2D eigenvalue weighted by Crippen LogP contribution is -2.42. The summed E-state index contributed by atoms with van der Waals surface area (Å²) in [4.78, 5) is 24.5. The van der Waals surface area contributed by atoms with Gasteiger partial charge in [0.25, 0.3) is 0 Å². The van der Waals surface area contributed by atoms with E-state index in [1.54, 1.807) is 11.8 Å². The van der Waals surface area contributed by atoms with Crippen LogP contribution in [0.5, 0.6) is 0 Å². The average Bonchev–Trinajstić information content (AvgIpc) is 2.37. The molecular weight excluding hydrogens is 244 g/mol. The number of rotatable bonds is 4. The molecule has 1 heterocycles. The van der Waals surface area contributed by atoms with E-state index in [0.717, 1.165) is 16.9 Å². The fraction of sp³-hybridized carbons (Fsp3) is 0.429. The predicted octanol–water partition coefficient (Wildman–Crippen LogP) is 1.87. The Bertz CT molecular complexity index is 513. The molecule has 0 fully saturated rings. The maximum absolute atomic E-state index is 12.1. The number of fused-ring (bicyclic) bond motifs is 1. The number of hydrogen-bond acceptors (Lipinski definition) is 3. The highest BCUT2D eigenvalue weighted by molar-refractivity contribution is 5.97. The van der Waals surface area contributed by atoms with Gasteiger partial charge in [0, 0.05) is 30.9 Å². The lowest BCUT2D eigenvalue weighted by Gasteiger charge is -2.34. The van der Waals surface area contributed by atoms with Crippen LogP contribution in [0.3, 0.4) is 0 Å². The summed E-state index contributed by atoms with van der Waals surface area (Å²) in [5.41, 5.74) is 2.92. The van der Waals surface area contributed by atoms with E-state index in [9.17, 15) is 9.59 Å². The van der Waals surface area contributed by atoms with E-state index in [4.69, 9.17) is 5.11 Å². The minimum absolute atomic E-state index is 0.00143. The third-order valence-electron chi connectivity index (χ3n) is 3.42. The van der Waals surface area contributed by atoms with E-state index in [1.807, 2.05) is 25.2 Å². The second kappa shape index (κ2) is 5.30. The fourth-order valence-electron chi connectivity index (χ4n) is 2.50. The molecule has 1 aromatic carbocycles. The normalized spacial score (nSPS) is 15.9. The van der Waals surface area contributed by atoms with E-state index in [2.05, 4.69) is 5.32 Å². The van der Waals surface area contributed by atoms with Crippen molar-refractivity contribution in [2.45, 2.75) is 32.2 Å². The highest BCUT2D eigenvalue weighted by Crippen LogP contribution is 2.32. The summed E-state index contributed by atoms with van der Waals surface area (Å²) in [5, 5.41) is 12.0. The largest absolute Gasteiger partial charge is 0.481 e. The Hall–Kier alpha value is -2.04. The Morgan fingerprint density at radius 2 is 2.21 bits per heavy atom. The molecule has 0 saturated heterocycles. The number of carbonyl (C=O) groups is 2. The number of aliphatic carboxylic acids is 1. The molecule has 5 heteroatoms. The standard InChI is InChI=1S/C14H18N2O3/c1-9(7-14(18)19)16-12-5-4-11(15-2)8-10(12)3-6-13(16)17/h4-5,8-9,15H,3,6-7H2,1-2H3,(H,18,19). The zero-order valence-electron chi connectivity index (χ0n) is 11.1. The fourth-order valence-corrected chi connectivity index (χ4v) is 2.50. The molecule has 0 aliphatic carbocycles. The van der Waals surface area contributed by atoms with Crippen molar-refractivity contribution in [3.63, 3.8) is 0 Å². The van der Waals surface area contributed by atoms with Crippen molar-refractivity contribution in [3.05, 3.63) is 23.8 Å². The summed E-state index contributed by atoms with van der Waals surface area (Å²) < 4.78 is 0. The smallest absolute Gasteiger partial charge is 0.305 e. The van der Waals surface area contributed by atoms with Crippen molar-refractivity contribution in [1.29, 1.82) is 0 Å². The Morgan fingerprint density at radius 1 is 1.47 bits per heavy atom. The highest BCUT2D eigenvalue weighted by atomic mass is 16.4. The first kappa shape index (κ1) is 13.4. The van der Waals surface area contributed by atoms with Gasteiger partial charge in [-0.2, -0.15) is 0 Å². The van der Waals surface area contributed by atoms with E-state index in [1.165, 1.54) is 0 Å². The van der Waals surface area contributed by atoms with E-state index >= 15 is 0 Å². The number of hydrogen-bond donors (Lipinski definition) is 2. The first-order chi connectivity index (χ1) is 9.02. The zero-order valence-corrected chi connectivity index (χ0v) is 11.1. The van der Waals surface area contributed by atoms with Crippen molar-refractivity contribution in [2.75, 3.05) is 17.3 Å². The lowest BCUT2D eigenvalue weighted by molar-refractivity contribution is -0.137. The molecule has 1 unspecified atom stereocenters. The van der Waals surface area contributed by atoms with Crippen LogP contribution in [0.1, 0.15) is 25.3 Å². The molecule has 1 aromatic rings. The first-order valence-electron chi connectivity index (χ1n) is 6.37. The zero-order chi connectivity index (χ0) is 14.0. The summed E-state index contributed by atoms with van der Waals surface area (Å²) in [7, 11) is 1.85. The molecule has 0 radical (unpaired) electrons. The molecule has 0 saturated carbocycles. The van der Waals surface area contributed by atoms with Crippen molar-refractivity contribution >= 4 is 23.3 Å². The summed E-state index contributed by atoms with van der Waals surface area (Å²) in [6.07, 6.45) is 1.10. The molecule has 1 aliphatic rings. The van der Waals surface area contributed by atoms with Crippen LogP contribution >= 0.6 is 0 Å². The molecular formula is C14H18N2O3. The van der Waals surface area contributed by atoms with Crippen LogP contribution in [0.15, 0.2) is 18.2 Å². The number of anilines is 2. The van der Waals surface area contributed by atoms with E-state index in [0.29, 0.717) is 12.8 Å². The van der Waals surface area contributed by atoms with Crippen molar-refractivity contribution in [1.82, 2.24) is 0 Å². The van der Waals surface area contributed by atoms with Gasteiger partial charge in [-0.25, -0.2) is 0 Å². The minimum Gasteiger partial charge on any atom is -0.481 e. The summed E-state index contributed by atoms with van der Waals surface area (Å²) in [6, 6.07) is 5.47. The maximum Gasteiger partial charge on any atom is 0.305 e. The SMILES string of the molecule is CNc1ccc2c(c1)CCC(=O)N2C(C)CC(=O)O. The minimum atomic E-state index is -0.890. The van der Waals surface area contributed by atoms with Crippen LogP contribution in [-0.2, 0) is 16.0 Å². The van der Waals surface area contributed by atoms with Gasteiger partial charge in [-0.3, -0.25) is 9.59 Å². The molecule has 0 aromatic heterocycles. The van der Waals surface area contributed by atoms with Gasteiger partial charge in [0.1, 0.15) is 0 Å². The van der Waals surface area contributed by atoms with Gasteiger partial charge < -0.3 is 15.3 Å². The molecule has 2 rings (SSSR count). The molecule has 0 bridgehead atoms. The van der Waals surface area contributed by atoms with Gasteiger partial charge >= 0.3 is 5.97 Å². The van der Waals surface area contributed by atoms with Crippen molar-refractivity contribution in [3.8, 4) is 0 Å². The Labute approximate surface area is 112 Å². The highest BCUT2D eigenvalue weighted by Gasteiger charge is 2.29. The third-order valence-corrected chi connectivity index (χ3v) is 3.42. The summed E-state index contributed by atoms with van der Waals surface area (Å²) in [5.74, 6) is -0.891. The van der Waals surface area contributed by atoms with Crippen LogP contribution in [0, 0.1) is 0 Å². The molecule has 102 valence electrons. The van der Waals surface area contributed by atoms with Crippen molar-refractivity contribution < 1.29 is 14.7 Å². The molecule has 1 amide bonds. The number of carboxylic acids is 1. The van der Waals surface area contributed by atoms with Gasteiger partial charge in [0.05, 0.1) is 6.42 Å². The van der Waals surface area contributed by atoms with Crippen LogP contribution in [0.2, 0.25) is 0 Å². The van der Waals surface area contributed by atoms with Gasteiger partial charge in [0.2, 0.25) is 5.91 Å². The van der Waals surface area contributed by atoms with Crippen LogP contribution in [0.25, 0.3) is 0 Å².